The first-order valence-corrected chi connectivity index (χ1v) is 9.64. The van der Waals surface area contributed by atoms with Crippen molar-refractivity contribution in [3.8, 4) is 0 Å². The largest absolute Gasteiger partial charge is 0.372 e. The molecule has 10 heteroatoms. The molecule has 3 amide bonds. The van der Waals surface area contributed by atoms with Crippen LogP contribution in [0.25, 0.3) is 0 Å². The number of anilines is 2. The maximum atomic E-state index is 13.4. The molecule has 2 heterocycles. The van der Waals surface area contributed by atoms with Crippen LogP contribution in [0.2, 0.25) is 5.02 Å². The maximum absolute atomic E-state index is 13.4. The van der Waals surface area contributed by atoms with Gasteiger partial charge in [-0.2, -0.15) is 0 Å². The third-order valence-corrected chi connectivity index (χ3v) is 4.91. The summed E-state index contributed by atoms with van der Waals surface area (Å²) in [5.74, 6) is -2.09. The van der Waals surface area contributed by atoms with E-state index >= 15 is 0 Å². The van der Waals surface area contributed by atoms with Gasteiger partial charge in [0, 0.05) is 31.0 Å². The summed E-state index contributed by atoms with van der Waals surface area (Å²) in [4.78, 5) is 42.0. The van der Waals surface area contributed by atoms with Gasteiger partial charge in [-0.25, -0.2) is 9.37 Å². The second kappa shape index (κ2) is 8.76. The van der Waals surface area contributed by atoms with Crippen LogP contribution < -0.4 is 15.5 Å². The molecule has 30 heavy (non-hydrogen) atoms. The van der Waals surface area contributed by atoms with E-state index in [0.717, 1.165) is 6.07 Å². The quantitative estimate of drug-likeness (QED) is 0.602. The van der Waals surface area contributed by atoms with Gasteiger partial charge in [0.15, 0.2) is 0 Å². The number of pyridine rings is 1. The fourth-order valence-corrected chi connectivity index (χ4v) is 3.30. The minimum Gasteiger partial charge on any atom is -0.372 e. The van der Waals surface area contributed by atoms with E-state index in [2.05, 4.69) is 15.6 Å². The molecule has 0 unspecified atom stereocenters. The van der Waals surface area contributed by atoms with E-state index in [9.17, 15) is 23.9 Å². The summed E-state index contributed by atoms with van der Waals surface area (Å²) in [5.41, 5.74) is -1.46. The summed E-state index contributed by atoms with van der Waals surface area (Å²) in [6, 6.07) is 6.90. The fraction of sp³-hybridized carbons (Fsp3) is 0.300. The smallest absolute Gasteiger partial charge is 0.268 e. The van der Waals surface area contributed by atoms with Gasteiger partial charge >= 0.3 is 0 Å². The van der Waals surface area contributed by atoms with Crippen LogP contribution >= 0.6 is 11.6 Å². The standard InChI is InChI=1S/C20H20ClFN4O4/c1-2-17(27)25-16-4-3-15(11-23-16)26-6-5-20(30,19(26)29)18(28)24-10-12-7-13(21)9-14(22)8-12/h3-4,7-9,11,30H,2,5-6,10H2,1H3,(H,24,28)(H,23,25,27)/t20-/m0/s1. The predicted octanol–water partition coefficient (Wildman–Crippen LogP) is 2.01. The number of halogens is 2. The molecule has 2 aromatic rings. The number of rotatable bonds is 6. The summed E-state index contributed by atoms with van der Waals surface area (Å²) < 4.78 is 13.4. The van der Waals surface area contributed by atoms with E-state index in [0.29, 0.717) is 23.5 Å². The van der Waals surface area contributed by atoms with Gasteiger partial charge in [-0.15, -0.1) is 0 Å². The van der Waals surface area contributed by atoms with Gasteiger partial charge in [-0.1, -0.05) is 18.5 Å². The number of nitrogens with one attached hydrogen (secondary N) is 2. The lowest BCUT2D eigenvalue weighted by molar-refractivity contribution is -0.149. The van der Waals surface area contributed by atoms with Crippen LogP contribution in [-0.4, -0.2) is 40.0 Å². The third-order valence-electron chi connectivity index (χ3n) is 4.70. The van der Waals surface area contributed by atoms with Crippen LogP contribution in [0.1, 0.15) is 25.3 Å². The number of aromatic nitrogens is 1. The Kier molecular flexibility index (Phi) is 6.33. The summed E-state index contributed by atoms with van der Waals surface area (Å²) in [6.45, 7) is 1.72. The number of aliphatic hydroxyl groups is 1. The van der Waals surface area contributed by atoms with Gasteiger partial charge in [-0.3, -0.25) is 14.4 Å². The van der Waals surface area contributed by atoms with Crippen molar-refractivity contribution < 1.29 is 23.9 Å². The van der Waals surface area contributed by atoms with E-state index in [4.69, 9.17) is 11.6 Å². The maximum Gasteiger partial charge on any atom is 0.268 e. The molecule has 0 radical (unpaired) electrons. The molecule has 0 spiro atoms. The van der Waals surface area contributed by atoms with Gasteiger partial charge < -0.3 is 20.6 Å². The van der Waals surface area contributed by atoms with Crippen LogP contribution in [0.5, 0.6) is 0 Å². The van der Waals surface area contributed by atoms with Gasteiger partial charge in [0.2, 0.25) is 11.5 Å². The fourth-order valence-electron chi connectivity index (χ4n) is 3.05. The number of hydrogen-bond donors (Lipinski definition) is 3. The van der Waals surface area contributed by atoms with E-state index in [1.807, 2.05) is 0 Å². The molecule has 8 nitrogen and oxygen atoms in total. The summed E-state index contributed by atoms with van der Waals surface area (Å²) in [7, 11) is 0. The Balaban J connectivity index is 1.66. The Morgan fingerprint density at radius 1 is 1.33 bits per heavy atom. The van der Waals surface area contributed by atoms with Crippen molar-refractivity contribution in [2.45, 2.75) is 31.9 Å². The van der Waals surface area contributed by atoms with Gasteiger partial charge in [0.25, 0.3) is 11.8 Å². The van der Waals surface area contributed by atoms with E-state index in [1.165, 1.54) is 29.3 Å². The zero-order chi connectivity index (χ0) is 21.9. The summed E-state index contributed by atoms with van der Waals surface area (Å²) in [5, 5.41) is 15.9. The van der Waals surface area contributed by atoms with Gasteiger partial charge in [-0.05, 0) is 35.9 Å². The molecule has 1 saturated heterocycles. The second-order valence-corrected chi connectivity index (χ2v) is 7.27. The molecular weight excluding hydrogens is 415 g/mol. The SMILES string of the molecule is CCC(=O)Nc1ccc(N2CC[C@](O)(C(=O)NCc3cc(F)cc(Cl)c3)C2=O)cn1. The molecule has 3 rings (SSSR count). The minimum atomic E-state index is -2.24. The average Bonchev–Trinajstić information content (AvgIpc) is 3.02. The molecule has 1 aliphatic heterocycles. The summed E-state index contributed by atoms with van der Waals surface area (Å²) >= 11 is 5.79. The highest BCUT2D eigenvalue weighted by atomic mass is 35.5. The zero-order valence-corrected chi connectivity index (χ0v) is 16.9. The highest BCUT2D eigenvalue weighted by molar-refractivity contribution is 6.30. The number of benzene rings is 1. The Hall–Kier alpha value is -3.04. The molecule has 0 bridgehead atoms. The number of nitrogens with zero attached hydrogens (tertiary/aromatic N) is 2. The lowest BCUT2D eigenvalue weighted by atomic mass is 10.0. The highest BCUT2D eigenvalue weighted by Gasteiger charge is 2.51. The van der Waals surface area contributed by atoms with Crippen molar-refractivity contribution in [1.29, 1.82) is 0 Å². The van der Waals surface area contributed by atoms with Crippen molar-refractivity contribution in [1.82, 2.24) is 10.3 Å². The molecular formula is C20H20ClFN4O4. The van der Waals surface area contributed by atoms with Gasteiger partial charge in [0.1, 0.15) is 11.6 Å². The van der Waals surface area contributed by atoms with Gasteiger partial charge in [0.05, 0.1) is 11.9 Å². The monoisotopic (exact) mass is 434 g/mol. The van der Waals surface area contributed by atoms with E-state index in [-0.39, 0.29) is 30.4 Å². The first-order valence-electron chi connectivity index (χ1n) is 9.26. The van der Waals surface area contributed by atoms with E-state index < -0.39 is 23.2 Å². The van der Waals surface area contributed by atoms with Crippen LogP contribution in [0.4, 0.5) is 15.9 Å². The van der Waals surface area contributed by atoms with Crippen molar-refractivity contribution in [3.05, 3.63) is 52.9 Å². The van der Waals surface area contributed by atoms with Crippen molar-refractivity contribution in [3.63, 3.8) is 0 Å². The van der Waals surface area contributed by atoms with Crippen LogP contribution in [0.15, 0.2) is 36.5 Å². The molecule has 1 atom stereocenters. The lowest BCUT2D eigenvalue weighted by Crippen LogP contribution is -2.52. The lowest BCUT2D eigenvalue weighted by Gasteiger charge is -2.21. The molecule has 3 N–H and O–H groups in total. The number of carbonyl (C=O) groups excluding carboxylic acids is 3. The molecule has 0 aliphatic carbocycles. The minimum absolute atomic E-state index is 0.0979. The Bertz CT molecular complexity index is 965. The van der Waals surface area contributed by atoms with Crippen LogP contribution in [-0.2, 0) is 20.9 Å². The predicted molar refractivity (Wildman–Crippen MR) is 108 cm³/mol. The third kappa shape index (κ3) is 4.58. The molecule has 1 aromatic heterocycles. The molecule has 0 saturated carbocycles. The molecule has 1 fully saturated rings. The average molecular weight is 435 g/mol. The second-order valence-electron chi connectivity index (χ2n) is 6.83. The molecule has 1 aliphatic rings. The Morgan fingerprint density at radius 3 is 2.73 bits per heavy atom. The number of carbonyl (C=O) groups is 3. The highest BCUT2D eigenvalue weighted by Crippen LogP contribution is 2.29. The topological polar surface area (TPSA) is 112 Å². The van der Waals surface area contributed by atoms with Crippen LogP contribution in [0.3, 0.4) is 0 Å². The van der Waals surface area contributed by atoms with Crippen molar-refractivity contribution in [2.24, 2.45) is 0 Å². The number of hydrogen-bond acceptors (Lipinski definition) is 5. The van der Waals surface area contributed by atoms with Crippen molar-refractivity contribution in [2.75, 3.05) is 16.8 Å². The number of amides is 3. The summed E-state index contributed by atoms with van der Waals surface area (Å²) in [6.07, 6.45) is 1.56. The van der Waals surface area contributed by atoms with E-state index in [1.54, 1.807) is 13.0 Å². The van der Waals surface area contributed by atoms with Crippen molar-refractivity contribution >= 4 is 40.8 Å². The van der Waals surface area contributed by atoms with Crippen LogP contribution in [0, 0.1) is 5.82 Å². The Labute approximate surface area is 177 Å². The Morgan fingerprint density at radius 2 is 2.10 bits per heavy atom. The normalized spacial score (nSPS) is 18.4. The zero-order valence-electron chi connectivity index (χ0n) is 16.1. The first-order chi connectivity index (χ1) is 14.2. The first kappa shape index (κ1) is 21.7. The molecule has 1 aromatic carbocycles. The molecule has 158 valence electrons.